The van der Waals surface area contributed by atoms with Gasteiger partial charge in [-0.1, -0.05) is 37.3 Å². The van der Waals surface area contributed by atoms with Crippen LogP contribution in [0.1, 0.15) is 49.4 Å². The summed E-state index contributed by atoms with van der Waals surface area (Å²) in [5.74, 6) is 1.81. The summed E-state index contributed by atoms with van der Waals surface area (Å²) in [6, 6.07) is 12.6. The Morgan fingerprint density at radius 1 is 1.23 bits per heavy atom. The monoisotopic (exact) mass is 293 g/mol. The normalized spacial score (nSPS) is 17.3. The lowest BCUT2D eigenvalue weighted by Gasteiger charge is -2.13. The summed E-state index contributed by atoms with van der Waals surface area (Å²) < 4.78 is 1.94. The van der Waals surface area contributed by atoms with Crippen molar-refractivity contribution in [2.45, 2.75) is 37.6 Å². The Bertz CT molecular complexity index is 740. The molecule has 0 aliphatic heterocycles. The van der Waals surface area contributed by atoms with Crippen LogP contribution < -0.4 is 0 Å². The first-order valence-corrected chi connectivity index (χ1v) is 7.81. The Morgan fingerprint density at radius 2 is 2.05 bits per heavy atom. The summed E-state index contributed by atoms with van der Waals surface area (Å²) in [5.41, 5.74) is 1.32. The highest BCUT2D eigenvalue weighted by atomic mass is 15.3. The third-order valence-electron chi connectivity index (χ3n) is 4.55. The topological polar surface area (TPSA) is 59.4 Å². The van der Waals surface area contributed by atoms with Gasteiger partial charge in [0.2, 0.25) is 0 Å². The van der Waals surface area contributed by atoms with Crippen molar-refractivity contribution in [1.29, 1.82) is 0 Å². The van der Waals surface area contributed by atoms with Crippen molar-refractivity contribution in [2.24, 2.45) is 0 Å². The molecule has 1 aliphatic carbocycles. The van der Waals surface area contributed by atoms with Gasteiger partial charge in [0, 0.05) is 12.4 Å². The van der Waals surface area contributed by atoms with Gasteiger partial charge in [-0.2, -0.15) is 10.2 Å². The third kappa shape index (κ3) is 2.04. The molecule has 0 saturated heterocycles. The Hall–Kier alpha value is -2.43. The van der Waals surface area contributed by atoms with Crippen LogP contribution in [0.25, 0.3) is 0 Å². The first kappa shape index (κ1) is 13.2. The second kappa shape index (κ2) is 5.09. The summed E-state index contributed by atoms with van der Waals surface area (Å²) in [6.07, 6.45) is 6.93. The van der Waals surface area contributed by atoms with Gasteiger partial charge in [0.1, 0.15) is 11.9 Å². The number of hydrogen-bond acceptors (Lipinski definition) is 3. The van der Waals surface area contributed by atoms with Gasteiger partial charge in [0.15, 0.2) is 5.82 Å². The van der Waals surface area contributed by atoms with Crippen molar-refractivity contribution in [3.8, 4) is 0 Å². The fourth-order valence-corrected chi connectivity index (χ4v) is 3.13. The number of aromatic nitrogens is 5. The molecule has 0 spiro atoms. The largest absolute Gasteiger partial charge is 0.262 e. The van der Waals surface area contributed by atoms with Crippen LogP contribution in [-0.4, -0.2) is 25.0 Å². The molecule has 0 amide bonds. The minimum atomic E-state index is 0.0123. The second-order valence-corrected chi connectivity index (χ2v) is 5.90. The molecular weight excluding hydrogens is 274 g/mol. The quantitative estimate of drug-likeness (QED) is 0.786. The zero-order chi connectivity index (χ0) is 15.0. The zero-order valence-corrected chi connectivity index (χ0v) is 12.6. The van der Waals surface area contributed by atoms with Crippen LogP contribution in [0.3, 0.4) is 0 Å². The van der Waals surface area contributed by atoms with Crippen LogP contribution in [0.5, 0.6) is 0 Å². The number of H-pyrrole nitrogens is 1. The molecule has 3 aromatic rings. The van der Waals surface area contributed by atoms with E-state index in [1.807, 2.05) is 23.0 Å². The van der Waals surface area contributed by atoms with Crippen LogP contribution in [0, 0.1) is 0 Å². The average molecular weight is 293 g/mol. The maximum atomic E-state index is 4.82. The number of nitrogens with zero attached hydrogens (tertiary/aromatic N) is 4. The molecule has 1 fully saturated rings. The summed E-state index contributed by atoms with van der Waals surface area (Å²) in [5, 5.41) is 12.0. The maximum absolute atomic E-state index is 4.82. The van der Waals surface area contributed by atoms with E-state index in [2.05, 4.69) is 46.5 Å². The molecule has 0 radical (unpaired) electrons. The van der Waals surface area contributed by atoms with Crippen LogP contribution in [0.2, 0.25) is 0 Å². The maximum Gasteiger partial charge on any atom is 0.161 e. The number of benzene rings is 1. The van der Waals surface area contributed by atoms with Gasteiger partial charge >= 0.3 is 0 Å². The van der Waals surface area contributed by atoms with Gasteiger partial charge in [-0.3, -0.25) is 9.78 Å². The van der Waals surface area contributed by atoms with Gasteiger partial charge in [-0.05, 0) is 30.9 Å². The molecule has 2 heterocycles. The standard InChI is InChI=1S/C17H19N5/c1-2-14(22-12-6-11-18-22)15-19-16(21-20-15)17(9-10-17)13-7-4-3-5-8-13/h3-8,11-12,14H,2,9-10H2,1H3,(H,19,20,21). The molecule has 0 bridgehead atoms. The molecule has 22 heavy (non-hydrogen) atoms. The van der Waals surface area contributed by atoms with Gasteiger partial charge in [-0.25, -0.2) is 4.98 Å². The van der Waals surface area contributed by atoms with Crippen LogP contribution >= 0.6 is 0 Å². The fourth-order valence-electron chi connectivity index (χ4n) is 3.13. The minimum absolute atomic E-state index is 0.0123. The van der Waals surface area contributed by atoms with Crippen LogP contribution in [0.15, 0.2) is 48.8 Å². The van der Waals surface area contributed by atoms with Gasteiger partial charge in [0.05, 0.1) is 5.41 Å². The molecule has 5 heteroatoms. The van der Waals surface area contributed by atoms with Crippen molar-refractivity contribution >= 4 is 0 Å². The number of aromatic amines is 1. The zero-order valence-electron chi connectivity index (χ0n) is 12.6. The Kier molecular flexibility index (Phi) is 3.06. The molecule has 1 atom stereocenters. The summed E-state index contributed by atoms with van der Waals surface area (Å²) in [7, 11) is 0. The van der Waals surface area contributed by atoms with Crippen molar-refractivity contribution in [1.82, 2.24) is 25.0 Å². The fraction of sp³-hybridized carbons (Fsp3) is 0.353. The van der Waals surface area contributed by atoms with Gasteiger partial charge in [0.25, 0.3) is 0 Å². The average Bonchev–Trinajstić information content (AvgIpc) is 2.99. The van der Waals surface area contributed by atoms with E-state index in [4.69, 9.17) is 4.98 Å². The predicted molar refractivity (Wildman–Crippen MR) is 83.5 cm³/mol. The molecule has 1 saturated carbocycles. The van der Waals surface area contributed by atoms with Crippen molar-refractivity contribution in [3.63, 3.8) is 0 Å². The molecule has 1 unspecified atom stereocenters. The van der Waals surface area contributed by atoms with E-state index in [0.29, 0.717) is 0 Å². The highest BCUT2D eigenvalue weighted by molar-refractivity contribution is 5.39. The molecule has 4 rings (SSSR count). The first-order chi connectivity index (χ1) is 10.8. The lowest BCUT2D eigenvalue weighted by molar-refractivity contribution is 0.485. The first-order valence-electron chi connectivity index (χ1n) is 7.81. The third-order valence-corrected chi connectivity index (χ3v) is 4.55. The van der Waals surface area contributed by atoms with E-state index in [0.717, 1.165) is 30.9 Å². The molecular formula is C17H19N5. The highest BCUT2D eigenvalue weighted by Gasteiger charge is 2.49. The van der Waals surface area contributed by atoms with E-state index in [-0.39, 0.29) is 11.5 Å². The van der Waals surface area contributed by atoms with E-state index in [1.54, 1.807) is 6.20 Å². The lowest BCUT2D eigenvalue weighted by Crippen LogP contribution is -2.13. The Balaban J connectivity index is 1.67. The molecule has 1 N–H and O–H groups in total. The lowest BCUT2D eigenvalue weighted by atomic mass is 9.95. The molecule has 1 aliphatic rings. The summed E-state index contributed by atoms with van der Waals surface area (Å²) in [6.45, 7) is 2.14. The summed E-state index contributed by atoms with van der Waals surface area (Å²) in [4.78, 5) is 4.82. The van der Waals surface area contributed by atoms with E-state index in [1.165, 1.54) is 5.56 Å². The van der Waals surface area contributed by atoms with Crippen molar-refractivity contribution in [3.05, 3.63) is 66.0 Å². The SMILES string of the molecule is CCC(c1nc(C2(c3ccccc3)CC2)n[nH]1)n1cccn1. The van der Waals surface area contributed by atoms with E-state index >= 15 is 0 Å². The van der Waals surface area contributed by atoms with E-state index in [9.17, 15) is 0 Å². The molecule has 112 valence electrons. The number of hydrogen-bond donors (Lipinski definition) is 1. The Morgan fingerprint density at radius 3 is 2.68 bits per heavy atom. The van der Waals surface area contributed by atoms with Crippen LogP contribution in [0.4, 0.5) is 0 Å². The van der Waals surface area contributed by atoms with Gasteiger partial charge in [-0.15, -0.1) is 0 Å². The number of nitrogens with one attached hydrogen (secondary N) is 1. The number of rotatable bonds is 5. The minimum Gasteiger partial charge on any atom is -0.262 e. The Labute approximate surface area is 129 Å². The predicted octanol–water partition coefficient (Wildman–Crippen LogP) is 3.08. The van der Waals surface area contributed by atoms with Gasteiger partial charge < -0.3 is 0 Å². The molecule has 1 aromatic carbocycles. The molecule has 2 aromatic heterocycles. The summed E-state index contributed by atoms with van der Waals surface area (Å²) >= 11 is 0. The van der Waals surface area contributed by atoms with Crippen molar-refractivity contribution < 1.29 is 0 Å². The molecule has 5 nitrogen and oxygen atoms in total. The smallest absolute Gasteiger partial charge is 0.161 e. The highest BCUT2D eigenvalue weighted by Crippen LogP contribution is 2.52. The van der Waals surface area contributed by atoms with Crippen LogP contribution in [-0.2, 0) is 5.41 Å². The van der Waals surface area contributed by atoms with E-state index < -0.39 is 0 Å². The van der Waals surface area contributed by atoms with Crippen molar-refractivity contribution in [2.75, 3.05) is 0 Å². The second-order valence-electron chi connectivity index (χ2n) is 5.90.